The Labute approximate surface area is 245 Å². The molecular formula is C29H40F2N6O3S. The molecule has 1 saturated carbocycles. The van der Waals surface area contributed by atoms with Gasteiger partial charge in [0.05, 0.1) is 18.0 Å². The zero-order valence-corrected chi connectivity index (χ0v) is 24.8. The highest BCUT2D eigenvalue weighted by Gasteiger charge is 2.29. The van der Waals surface area contributed by atoms with Crippen LogP contribution in [0.15, 0.2) is 30.3 Å². The molecule has 1 saturated heterocycles. The largest absolute Gasteiger partial charge is 0.495 e. The van der Waals surface area contributed by atoms with Crippen molar-refractivity contribution in [2.24, 2.45) is 11.8 Å². The van der Waals surface area contributed by atoms with Crippen molar-refractivity contribution >= 4 is 35.0 Å². The van der Waals surface area contributed by atoms with Gasteiger partial charge >= 0.3 is 0 Å². The zero-order chi connectivity index (χ0) is 29.9. The molecule has 41 heavy (non-hydrogen) atoms. The predicted molar refractivity (Wildman–Crippen MR) is 159 cm³/mol. The highest BCUT2D eigenvalue weighted by atomic mass is 32.2. The highest BCUT2D eigenvalue weighted by Crippen LogP contribution is 2.33. The van der Waals surface area contributed by atoms with Crippen molar-refractivity contribution in [2.45, 2.75) is 82.5 Å². The second kappa shape index (κ2) is 15.7. The fourth-order valence-corrected chi connectivity index (χ4v) is 5.15. The summed E-state index contributed by atoms with van der Waals surface area (Å²) in [5, 5.41) is 4.77. The van der Waals surface area contributed by atoms with Gasteiger partial charge in [-0.05, 0) is 44.7 Å². The van der Waals surface area contributed by atoms with Crippen LogP contribution in [-0.4, -0.2) is 53.7 Å². The summed E-state index contributed by atoms with van der Waals surface area (Å²) in [6, 6.07) is 0.329. The van der Waals surface area contributed by atoms with Crippen molar-refractivity contribution < 1.29 is 23.1 Å². The first-order valence-electron chi connectivity index (χ1n) is 14.1. The normalized spacial score (nSPS) is 20.1. The van der Waals surface area contributed by atoms with Crippen LogP contribution in [0.4, 0.5) is 14.6 Å². The van der Waals surface area contributed by atoms with Crippen LogP contribution in [0.25, 0.3) is 5.57 Å². The fourth-order valence-electron chi connectivity index (χ4n) is 4.35. The highest BCUT2D eigenvalue weighted by molar-refractivity contribution is 8.00. The molecule has 4 rings (SSSR count). The third kappa shape index (κ3) is 8.92. The molecule has 0 radical (unpaired) electrons. The number of rotatable bonds is 9. The van der Waals surface area contributed by atoms with Gasteiger partial charge in [-0.25, -0.2) is 19.2 Å². The van der Waals surface area contributed by atoms with Crippen LogP contribution in [0, 0.1) is 17.8 Å². The van der Waals surface area contributed by atoms with Gasteiger partial charge in [0.2, 0.25) is 5.91 Å². The van der Waals surface area contributed by atoms with Crippen molar-refractivity contribution in [3.63, 3.8) is 0 Å². The Morgan fingerprint density at radius 3 is 2.71 bits per heavy atom. The number of alkyl halides is 2. The Balaban J connectivity index is 0.00000226. The molecule has 5 N–H and O–H groups in total. The summed E-state index contributed by atoms with van der Waals surface area (Å²) in [4.78, 5) is 32.3. The smallest absolute Gasteiger partial charge is 0.261 e. The Bertz CT molecular complexity index is 1190. The van der Waals surface area contributed by atoms with E-state index >= 15 is 0 Å². The van der Waals surface area contributed by atoms with Crippen LogP contribution in [0.2, 0.25) is 0 Å². The minimum Gasteiger partial charge on any atom is -0.495 e. The van der Waals surface area contributed by atoms with Crippen LogP contribution < -0.4 is 26.8 Å². The van der Waals surface area contributed by atoms with Gasteiger partial charge in [-0.15, -0.1) is 11.8 Å². The number of carbonyl (C=O) groups is 2. The number of nitrogens with zero attached hydrogens (tertiary/aromatic N) is 2. The number of amides is 2. The van der Waals surface area contributed by atoms with E-state index in [1.54, 1.807) is 17.9 Å². The summed E-state index contributed by atoms with van der Waals surface area (Å²) < 4.78 is 32.8. The predicted octanol–water partition coefficient (Wildman–Crippen LogP) is 4.13. The molecule has 0 bridgehead atoms. The Morgan fingerprint density at radius 2 is 2.05 bits per heavy atom. The Hall–Kier alpha value is -3.14. The quantitative estimate of drug-likeness (QED) is 0.147. The van der Waals surface area contributed by atoms with Gasteiger partial charge < -0.3 is 15.4 Å². The van der Waals surface area contributed by atoms with Crippen molar-refractivity contribution in [2.75, 3.05) is 18.6 Å². The number of nitrogens with one attached hydrogen (secondary N) is 3. The van der Waals surface area contributed by atoms with E-state index in [-0.39, 0.29) is 28.0 Å². The molecule has 1 aromatic heterocycles. The number of aromatic nitrogens is 1. The van der Waals surface area contributed by atoms with E-state index in [2.05, 4.69) is 32.9 Å². The molecular weight excluding hydrogens is 550 g/mol. The summed E-state index contributed by atoms with van der Waals surface area (Å²) >= 11 is 1.34. The van der Waals surface area contributed by atoms with E-state index in [4.69, 9.17) is 10.6 Å². The number of hydrogen-bond donors (Lipinski definition) is 4. The van der Waals surface area contributed by atoms with E-state index in [0.29, 0.717) is 35.8 Å². The number of methoxy groups -OCH3 is 1. The standard InChI is InChI=1S/C27H34F2N6O3S.C2H6/c1-16(39-24(34-30)10-9-17-7-8-17)33-27(37)20-14-32-23(35-11-5-3-4-6-25(35)36)13-18(20)19-12-21(26(28)29)31-15-22(19)38-2;1-2/h12-17,21,24,26,31,34H,3-8,11,30H2,1-2H3,(H,33,37);1-2H3. The van der Waals surface area contributed by atoms with Crippen LogP contribution in [-0.2, 0) is 9.53 Å². The zero-order valence-electron chi connectivity index (χ0n) is 24.0. The minimum atomic E-state index is -2.69. The SMILES string of the molecule is CC.COC1=CNC(C(F)F)C=C1c1cc(N2CCCCCC2=O)ncc1C(=O)NC(C)SC(C#CC1CC1)NN. The lowest BCUT2D eigenvalue weighted by atomic mass is 9.95. The third-order valence-electron chi connectivity index (χ3n) is 6.61. The number of carbonyl (C=O) groups excluding carboxylic acids is 2. The molecule has 3 heterocycles. The number of anilines is 1. The molecule has 12 heteroatoms. The van der Waals surface area contributed by atoms with Crippen LogP contribution in [0.5, 0.6) is 0 Å². The monoisotopic (exact) mass is 590 g/mol. The topological polar surface area (TPSA) is 122 Å². The molecule has 3 atom stereocenters. The van der Waals surface area contributed by atoms with Crippen molar-refractivity contribution in [3.05, 3.63) is 41.4 Å². The number of halogens is 2. The molecule has 9 nitrogen and oxygen atoms in total. The molecule has 1 aliphatic carbocycles. The lowest BCUT2D eigenvalue weighted by Crippen LogP contribution is -2.38. The third-order valence-corrected chi connectivity index (χ3v) is 7.66. The fraction of sp³-hybridized carbons (Fsp3) is 0.552. The number of ether oxygens (including phenoxy) is 1. The lowest BCUT2D eigenvalue weighted by Gasteiger charge is -2.26. The number of nitrogens with two attached hydrogens (primary N) is 1. The molecule has 3 aliphatic rings. The maximum atomic E-state index is 13.7. The molecule has 2 aliphatic heterocycles. The van der Waals surface area contributed by atoms with E-state index in [9.17, 15) is 18.4 Å². The molecule has 0 spiro atoms. The van der Waals surface area contributed by atoms with Gasteiger partial charge in [-0.1, -0.05) is 32.1 Å². The molecule has 3 unspecified atom stereocenters. The van der Waals surface area contributed by atoms with Crippen LogP contribution in [0.3, 0.4) is 0 Å². The van der Waals surface area contributed by atoms with Crippen molar-refractivity contribution in [3.8, 4) is 11.8 Å². The summed E-state index contributed by atoms with van der Waals surface area (Å²) in [6.07, 6.45) is 6.52. The number of allylic oxidation sites excluding steroid dienone is 1. The number of pyridine rings is 1. The summed E-state index contributed by atoms with van der Waals surface area (Å²) in [5.41, 5.74) is 3.47. The van der Waals surface area contributed by atoms with Gasteiger partial charge in [0.1, 0.15) is 23.0 Å². The van der Waals surface area contributed by atoms with Crippen LogP contribution in [0.1, 0.15) is 75.2 Å². The van der Waals surface area contributed by atoms with Gasteiger partial charge in [0, 0.05) is 42.4 Å². The number of thioether (sulfide) groups is 1. The van der Waals surface area contributed by atoms with Gasteiger partial charge in [-0.3, -0.25) is 20.3 Å². The molecule has 2 fully saturated rings. The first-order chi connectivity index (χ1) is 19.8. The first-order valence-corrected chi connectivity index (χ1v) is 15.0. The summed E-state index contributed by atoms with van der Waals surface area (Å²) in [5.74, 6) is 12.4. The first kappa shape index (κ1) is 32.4. The second-order valence-electron chi connectivity index (χ2n) is 9.63. The van der Waals surface area contributed by atoms with Crippen molar-refractivity contribution in [1.82, 2.24) is 21.0 Å². The Kier molecular flexibility index (Phi) is 12.4. The van der Waals surface area contributed by atoms with E-state index < -0.39 is 18.4 Å². The van der Waals surface area contributed by atoms with Crippen LogP contribution >= 0.6 is 11.8 Å². The summed E-state index contributed by atoms with van der Waals surface area (Å²) in [6.45, 7) is 6.30. The molecule has 1 aromatic rings. The van der Waals surface area contributed by atoms with E-state index in [1.807, 2.05) is 13.8 Å². The van der Waals surface area contributed by atoms with Crippen molar-refractivity contribution in [1.29, 1.82) is 0 Å². The minimum absolute atomic E-state index is 0.0620. The number of hydrazine groups is 1. The maximum absolute atomic E-state index is 13.7. The average molecular weight is 591 g/mol. The summed E-state index contributed by atoms with van der Waals surface area (Å²) in [7, 11) is 1.42. The second-order valence-corrected chi connectivity index (χ2v) is 11.1. The Morgan fingerprint density at radius 1 is 1.29 bits per heavy atom. The molecule has 0 aromatic carbocycles. The van der Waals surface area contributed by atoms with Gasteiger partial charge in [0.25, 0.3) is 12.3 Å². The van der Waals surface area contributed by atoms with Gasteiger partial charge in [0.15, 0.2) is 0 Å². The number of hydrogen-bond acceptors (Lipinski definition) is 8. The lowest BCUT2D eigenvalue weighted by molar-refractivity contribution is -0.118. The number of dihydropyridines is 1. The average Bonchev–Trinajstić information content (AvgIpc) is 3.83. The maximum Gasteiger partial charge on any atom is 0.261 e. The van der Waals surface area contributed by atoms with E-state index in [0.717, 1.165) is 32.1 Å². The molecule has 2 amide bonds. The van der Waals surface area contributed by atoms with Gasteiger partial charge in [-0.2, -0.15) is 0 Å². The molecule has 224 valence electrons. The van der Waals surface area contributed by atoms with E-state index in [1.165, 1.54) is 37.3 Å².